The first kappa shape index (κ1) is 13.5. The zero-order valence-electron chi connectivity index (χ0n) is 10.6. The lowest BCUT2D eigenvalue weighted by atomic mass is 10.1. The van der Waals surface area contributed by atoms with Crippen LogP contribution < -0.4 is 5.32 Å². The maximum absolute atomic E-state index is 10.5. The van der Waals surface area contributed by atoms with Crippen LogP contribution in [0.25, 0.3) is 0 Å². The Bertz CT molecular complexity index is 630. The molecule has 2 rings (SSSR count). The molecule has 0 aliphatic rings. The van der Waals surface area contributed by atoms with E-state index in [-0.39, 0.29) is 5.69 Å². The number of nitro groups is 1. The smallest absolute Gasteiger partial charge is 0.269 e. The van der Waals surface area contributed by atoms with E-state index in [9.17, 15) is 10.1 Å². The lowest BCUT2D eigenvalue weighted by Crippen LogP contribution is -2.06. The van der Waals surface area contributed by atoms with E-state index in [4.69, 9.17) is 5.26 Å². The molecule has 0 radical (unpaired) electrons. The van der Waals surface area contributed by atoms with Crippen LogP contribution in [0.3, 0.4) is 0 Å². The molecule has 0 unspecified atom stereocenters. The Morgan fingerprint density at radius 2 is 2.00 bits per heavy atom. The minimum atomic E-state index is -0.414. The summed E-state index contributed by atoms with van der Waals surface area (Å²) in [4.78, 5) is 14.2. The number of rotatable bonds is 5. The second-order valence-electron chi connectivity index (χ2n) is 4.14. The van der Waals surface area contributed by atoms with E-state index in [1.165, 1.54) is 18.3 Å². The van der Waals surface area contributed by atoms with Crippen LogP contribution >= 0.6 is 0 Å². The van der Waals surface area contributed by atoms with Gasteiger partial charge in [0.05, 0.1) is 10.5 Å². The predicted molar refractivity (Wildman–Crippen MR) is 74.2 cm³/mol. The van der Waals surface area contributed by atoms with E-state index >= 15 is 0 Å². The van der Waals surface area contributed by atoms with Crippen LogP contribution in [0.4, 0.5) is 11.5 Å². The number of nitrogens with zero attached hydrogens (tertiary/aromatic N) is 3. The molecule has 1 heterocycles. The van der Waals surface area contributed by atoms with Crippen molar-refractivity contribution in [1.82, 2.24) is 4.98 Å². The normalized spacial score (nSPS) is 9.75. The molecule has 0 amide bonds. The molecule has 1 N–H and O–H groups in total. The van der Waals surface area contributed by atoms with Crippen LogP contribution in [-0.4, -0.2) is 16.5 Å². The van der Waals surface area contributed by atoms with Crippen molar-refractivity contribution in [2.45, 2.75) is 6.42 Å². The van der Waals surface area contributed by atoms with Crippen LogP contribution in [-0.2, 0) is 6.42 Å². The Balaban J connectivity index is 1.86. The summed E-state index contributed by atoms with van der Waals surface area (Å²) in [6, 6.07) is 11.9. The second kappa shape index (κ2) is 6.29. The van der Waals surface area contributed by atoms with Gasteiger partial charge in [-0.15, -0.1) is 0 Å². The fourth-order valence-electron chi connectivity index (χ4n) is 1.68. The van der Waals surface area contributed by atoms with Gasteiger partial charge >= 0.3 is 0 Å². The van der Waals surface area contributed by atoms with Gasteiger partial charge in [-0.1, -0.05) is 12.1 Å². The zero-order chi connectivity index (χ0) is 14.4. The molecule has 6 nitrogen and oxygen atoms in total. The minimum absolute atomic E-state index is 0.0930. The Morgan fingerprint density at radius 3 is 2.55 bits per heavy atom. The molecule has 0 fully saturated rings. The van der Waals surface area contributed by atoms with Crippen LogP contribution in [0, 0.1) is 21.4 Å². The Labute approximate surface area is 115 Å². The molecule has 1 aromatic carbocycles. The molecule has 20 heavy (non-hydrogen) atoms. The number of aromatic nitrogens is 1. The monoisotopic (exact) mass is 268 g/mol. The number of nitrogens with one attached hydrogen (secondary N) is 1. The van der Waals surface area contributed by atoms with Gasteiger partial charge in [0.1, 0.15) is 11.9 Å². The first-order chi connectivity index (χ1) is 9.69. The predicted octanol–water partition coefficient (Wildman–Crippen LogP) is 2.52. The summed E-state index contributed by atoms with van der Waals surface area (Å²) in [5.74, 6) is 0.700. The lowest BCUT2D eigenvalue weighted by molar-refractivity contribution is -0.384. The third-order valence-electron chi connectivity index (χ3n) is 2.76. The van der Waals surface area contributed by atoms with Crippen molar-refractivity contribution in [3.8, 4) is 6.07 Å². The average Bonchev–Trinajstić information content (AvgIpc) is 2.48. The highest BCUT2D eigenvalue weighted by atomic mass is 16.6. The minimum Gasteiger partial charge on any atom is -0.370 e. The fourth-order valence-corrected chi connectivity index (χ4v) is 1.68. The van der Waals surface area contributed by atoms with Gasteiger partial charge < -0.3 is 5.32 Å². The van der Waals surface area contributed by atoms with Crippen molar-refractivity contribution >= 4 is 11.5 Å². The maximum atomic E-state index is 10.5. The van der Waals surface area contributed by atoms with Crippen molar-refractivity contribution in [2.24, 2.45) is 0 Å². The maximum Gasteiger partial charge on any atom is 0.269 e. The van der Waals surface area contributed by atoms with Crippen LogP contribution in [0.1, 0.15) is 11.1 Å². The quantitative estimate of drug-likeness (QED) is 0.664. The second-order valence-corrected chi connectivity index (χ2v) is 4.14. The number of non-ortho nitro benzene ring substituents is 1. The summed E-state index contributed by atoms with van der Waals surface area (Å²) in [6.07, 6.45) is 2.24. The van der Waals surface area contributed by atoms with Gasteiger partial charge in [0.15, 0.2) is 0 Å². The molecule has 0 atom stereocenters. The average molecular weight is 268 g/mol. The molecule has 0 aliphatic heterocycles. The highest BCUT2D eigenvalue weighted by Crippen LogP contribution is 2.12. The Kier molecular flexibility index (Phi) is 4.24. The van der Waals surface area contributed by atoms with Crippen LogP contribution in [0.5, 0.6) is 0 Å². The van der Waals surface area contributed by atoms with E-state index < -0.39 is 4.92 Å². The van der Waals surface area contributed by atoms with Crippen molar-refractivity contribution in [3.05, 3.63) is 63.8 Å². The molecular formula is C14H12N4O2. The largest absolute Gasteiger partial charge is 0.370 e. The van der Waals surface area contributed by atoms with E-state index in [1.54, 1.807) is 24.3 Å². The first-order valence-corrected chi connectivity index (χ1v) is 6.02. The van der Waals surface area contributed by atoms with Gasteiger partial charge in [0.25, 0.3) is 5.69 Å². The summed E-state index contributed by atoms with van der Waals surface area (Å²) in [5.41, 5.74) is 1.62. The number of hydrogen-bond donors (Lipinski definition) is 1. The Hall–Kier alpha value is -2.94. The topological polar surface area (TPSA) is 91.8 Å². The van der Waals surface area contributed by atoms with Gasteiger partial charge in [-0.25, -0.2) is 4.98 Å². The van der Waals surface area contributed by atoms with Crippen LogP contribution in [0.2, 0.25) is 0 Å². The SMILES string of the molecule is N#Cc1ccc(NCCc2ccc([N+](=O)[O-])cc2)nc1. The first-order valence-electron chi connectivity index (χ1n) is 6.02. The number of pyridine rings is 1. The van der Waals surface area contributed by atoms with Crippen molar-refractivity contribution in [2.75, 3.05) is 11.9 Å². The molecule has 6 heteroatoms. The number of hydrogen-bond acceptors (Lipinski definition) is 5. The zero-order valence-corrected chi connectivity index (χ0v) is 10.6. The Morgan fingerprint density at radius 1 is 1.25 bits per heavy atom. The molecule has 0 aliphatic carbocycles. The highest BCUT2D eigenvalue weighted by Gasteiger charge is 2.03. The molecule has 100 valence electrons. The summed E-state index contributed by atoms with van der Waals surface area (Å²) < 4.78 is 0. The van der Waals surface area contributed by atoms with Gasteiger partial charge in [0, 0.05) is 24.9 Å². The molecular weight excluding hydrogens is 256 g/mol. The third-order valence-corrected chi connectivity index (χ3v) is 2.76. The number of benzene rings is 1. The molecule has 0 bridgehead atoms. The summed E-state index contributed by atoms with van der Waals surface area (Å²) in [6.45, 7) is 0.663. The molecule has 2 aromatic rings. The van der Waals surface area contributed by atoms with Crippen molar-refractivity contribution < 1.29 is 4.92 Å². The number of nitro benzene ring substituents is 1. The molecule has 0 saturated carbocycles. The van der Waals surface area contributed by atoms with E-state index in [1.807, 2.05) is 6.07 Å². The number of anilines is 1. The van der Waals surface area contributed by atoms with Crippen molar-refractivity contribution in [3.63, 3.8) is 0 Å². The van der Waals surface area contributed by atoms with Crippen LogP contribution in [0.15, 0.2) is 42.6 Å². The summed E-state index contributed by atoms with van der Waals surface area (Å²) in [7, 11) is 0. The lowest BCUT2D eigenvalue weighted by Gasteiger charge is -2.05. The summed E-state index contributed by atoms with van der Waals surface area (Å²) in [5, 5.41) is 22.3. The third kappa shape index (κ3) is 3.53. The highest BCUT2D eigenvalue weighted by molar-refractivity contribution is 5.39. The van der Waals surface area contributed by atoms with Gasteiger partial charge in [-0.3, -0.25) is 10.1 Å². The summed E-state index contributed by atoms with van der Waals surface area (Å²) >= 11 is 0. The van der Waals surface area contributed by atoms with Crippen molar-refractivity contribution in [1.29, 1.82) is 5.26 Å². The fraction of sp³-hybridized carbons (Fsp3) is 0.143. The number of nitriles is 1. The molecule has 0 spiro atoms. The molecule has 1 aromatic heterocycles. The standard InChI is InChI=1S/C14H12N4O2/c15-9-12-3-6-14(17-10-12)16-8-7-11-1-4-13(5-2-11)18(19)20/h1-6,10H,7-8H2,(H,16,17). The van der Waals surface area contributed by atoms with E-state index in [0.29, 0.717) is 17.9 Å². The van der Waals surface area contributed by atoms with Gasteiger partial charge in [0.2, 0.25) is 0 Å². The van der Waals surface area contributed by atoms with E-state index in [0.717, 1.165) is 12.0 Å². The van der Waals surface area contributed by atoms with Gasteiger partial charge in [-0.2, -0.15) is 5.26 Å². The molecule has 0 saturated heterocycles. The van der Waals surface area contributed by atoms with Gasteiger partial charge in [-0.05, 0) is 24.1 Å². The van der Waals surface area contributed by atoms with E-state index in [2.05, 4.69) is 10.3 Å².